The number of halogens is 2. The Hall–Kier alpha value is -2.32. The smallest absolute Gasteiger partial charge is 0.279 e. The number of rotatable bonds is 4. The van der Waals surface area contributed by atoms with Gasteiger partial charge >= 0.3 is 0 Å². The van der Waals surface area contributed by atoms with E-state index >= 15 is 0 Å². The molecule has 0 aliphatic carbocycles. The van der Waals surface area contributed by atoms with Crippen LogP contribution >= 0.6 is 0 Å². The summed E-state index contributed by atoms with van der Waals surface area (Å²) in [6.45, 7) is 2.42. The second kappa shape index (κ2) is 7.60. The number of likely N-dealkylation sites (tertiary alicyclic amines) is 2. The Labute approximate surface area is 162 Å². The molecule has 6 nitrogen and oxygen atoms in total. The number of carbonyl (C=O) groups excluding carboxylic acids is 1. The van der Waals surface area contributed by atoms with Crippen LogP contribution < -0.4 is 0 Å². The minimum atomic E-state index is -2.70. The highest BCUT2D eigenvalue weighted by atomic mass is 19.3. The van der Waals surface area contributed by atoms with Gasteiger partial charge in [-0.2, -0.15) is 5.10 Å². The third kappa shape index (κ3) is 3.42. The Morgan fingerprint density at radius 1 is 1.21 bits per heavy atom. The maximum Gasteiger partial charge on any atom is 0.279 e. The van der Waals surface area contributed by atoms with Gasteiger partial charge in [-0.05, 0) is 44.0 Å². The lowest BCUT2D eigenvalue weighted by molar-refractivity contribution is -0.0878. The molecule has 2 saturated heterocycles. The van der Waals surface area contributed by atoms with E-state index in [0.29, 0.717) is 19.5 Å². The number of hydrogen-bond donors (Lipinski definition) is 2. The molecule has 0 bridgehead atoms. The van der Waals surface area contributed by atoms with Crippen molar-refractivity contribution in [3.8, 4) is 0 Å². The first-order valence-corrected chi connectivity index (χ1v) is 9.64. The van der Waals surface area contributed by atoms with Crippen LogP contribution in [0, 0.1) is 0 Å². The van der Waals surface area contributed by atoms with Crippen LogP contribution in [0.25, 0.3) is 0 Å². The van der Waals surface area contributed by atoms with Crippen molar-refractivity contribution in [3.05, 3.63) is 53.3 Å². The van der Waals surface area contributed by atoms with Crippen LogP contribution in [0.15, 0.2) is 36.4 Å². The first-order valence-electron chi connectivity index (χ1n) is 9.64. The van der Waals surface area contributed by atoms with Gasteiger partial charge in [0.2, 0.25) is 0 Å². The van der Waals surface area contributed by atoms with Gasteiger partial charge in [-0.25, -0.2) is 8.78 Å². The second-order valence-corrected chi connectivity index (χ2v) is 7.56. The Morgan fingerprint density at radius 2 is 1.93 bits per heavy atom. The van der Waals surface area contributed by atoms with E-state index in [1.807, 2.05) is 30.3 Å². The molecule has 2 aromatic rings. The monoisotopic (exact) mass is 390 g/mol. The lowest BCUT2D eigenvalue weighted by Crippen LogP contribution is -2.61. The Balaban J connectivity index is 1.59. The molecule has 2 fully saturated rings. The van der Waals surface area contributed by atoms with Crippen molar-refractivity contribution < 1.29 is 18.7 Å². The fourth-order valence-electron chi connectivity index (χ4n) is 4.36. The maximum atomic E-state index is 12.8. The molecule has 1 amide bonds. The van der Waals surface area contributed by atoms with Crippen LogP contribution in [-0.4, -0.2) is 63.2 Å². The maximum absolute atomic E-state index is 12.8. The topological polar surface area (TPSA) is 72.5 Å². The van der Waals surface area contributed by atoms with Crippen molar-refractivity contribution >= 4 is 5.91 Å². The minimum Gasteiger partial charge on any atom is -0.383 e. The summed E-state index contributed by atoms with van der Waals surface area (Å²) in [5.41, 5.74) is -0.584. The summed E-state index contributed by atoms with van der Waals surface area (Å²) in [5.74, 6) is -0.387. The predicted octanol–water partition coefficient (Wildman–Crippen LogP) is 2.55. The third-order valence-corrected chi connectivity index (χ3v) is 5.90. The number of nitrogens with zero attached hydrogens (tertiary/aromatic N) is 3. The summed E-state index contributed by atoms with van der Waals surface area (Å²) in [7, 11) is 0. The van der Waals surface area contributed by atoms with Crippen LogP contribution in [0.5, 0.6) is 0 Å². The third-order valence-electron chi connectivity index (χ3n) is 5.90. The zero-order valence-corrected chi connectivity index (χ0v) is 15.5. The Morgan fingerprint density at radius 3 is 2.57 bits per heavy atom. The fourth-order valence-corrected chi connectivity index (χ4v) is 4.36. The summed E-state index contributed by atoms with van der Waals surface area (Å²) in [4.78, 5) is 16.7. The highest BCUT2D eigenvalue weighted by Crippen LogP contribution is 2.37. The standard InChI is InChI=1S/C20H24F2N4O2/c21-18(22)15-12-16(24-23-15)19(27)26-11-8-20(28,14-6-2-1-3-7-14)17(13-26)25-9-4-5-10-25/h1-3,6-7,12,17-18,28H,4-5,8-11,13H2,(H,23,24)/t17-,20+/m1/s1. The molecule has 1 aromatic heterocycles. The number of aromatic amines is 1. The number of hydrogen-bond acceptors (Lipinski definition) is 4. The number of aliphatic hydroxyl groups is 1. The van der Waals surface area contributed by atoms with Crippen LogP contribution in [0.4, 0.5) is 8.78 Å². The molecule has 0 radical (unpaired) electrons. The molecular formula is C20H24F2N4O2. The van der Waals surface area contributed by atoms with Crippen molar-refractivity contribution in [1.29, 1.82) is 0 Å². The van der Waals surface area contributed by atoms with Crippen molar-refractivity contribution in [1.82, 2.24) is 20.0 Å². The van der Waals surface area contributed by atoms with Gasteiger partial charge in [0.15, 0.2) is 5.69 Å². The zero-order chi connectivity index (χ0) is 19.7. The number of amides is 1. The molecular weight excluding hydrogens is 366 g/mol. The van der Waals surface area contributed by atoms with Gasteiger partial charge in [0, 0.05) is 13.1 Å². The predicted molar refractivity (Wildman–Crippen MR) is 99.0 cm³/mol. The average molecular weight is 390 g/mol. The van der Waals surface area contributed by atoms with E-state index in [-0.39, 0.29) is 23.3 Å². The molecule has 1 aromatic carbocycles. The first-order chi connectivity index (χ1) is 13.5. The van der Waals surface area contributed by atoms with Gasteiger partial charge < -0.3 is 10.0 Å². The first kappa shape index (κ1) is 19.0. The molecule has 28 heavy (non-hydrogen) atoms. The number of benzene rings is 1. The van der Waals surface area contributed by atoms with Gasteiger partial charge in [-0.3, -0.25) is 14.8 Å². The van der Waals surface area contributed by atoms with Crippen LogP contribution in [0.1, 0.15) is 47.4 Å². The van der Waals surface area contributed by atoms with Crippen molar-refractivity contribution in [2.45, 2.75) is 37.3 Å². The van der Waals surface area contributed by atoms with Crippen molar-refractivity contribution in [3.63, 3.8) is 0 Å². The summed E-state index contributed by atoms with van der Waals surface area (Å²) in [6.07, 6.45) is -0.189. The summed E-state index contributed by atoms with van der Waals surface area (Å²) in [6, 6.07) is 10.4. The van der Waals surface area contributed by atoms with Gasteiger partial charge in [-0.15, -0.1) is 0 Å². The molecule has 0 unspecified atom stereocenters. The number of nitrogens with one attached hydrogen (secondary N) is 1. The summed E-state index contributed by atoms with van der Waals surface area (Å²) >= 11 is 0. The van der Waals surface area contributed by atoms with Crippen LogP contribution in [-0.2, 0) is 5.60 Å². The van der Waals surface area contributed by atoms with Crippen molar-refractivity contribution in [2.24, 2.45) is 0 Å². The van der Waals surface area contributed by atoms with Gasteiger partial charge in [0.1, 0.15) is 11.3 Å². The normalized spacial score (nSPS) is 26.1. The number of piperidine rings is 1. The average Bonchev–Trinajstić information content (AvgIpc) is 3.41. The minimum absolute atomic E-state index is 0.0133. The van der Waals surface area contributed by atoms with Crippen molar-refractivity contribution in [2.75, 3.05) is 26.2 Å². The molecule has 2 aliphatic heterocycles. The highest BCUT2D eigenvalue weighted by molar-refractivity contribution is 5.92. The van der Waals surface area contributed by atoms with E-state index in [2.05, 4.69) is 15.1 Å². The second-order valence-electron chi connectivity index (χ2n) is 7.56. The quantitative estimate of drug-likeness (QED) is 0.842. The lowest BCUT2D eigenvalue weighted by atomic mass is 9.79. The van der Waals surface area contributed by atoms with E-state index in [0.717, 1.165) is 37.6 Å². The number of H-pyrrole nitrogens is 1. The largest absolute Gasteiger partial charge is 0.383 e. The highest BCUT2D eigenvalue weighted by Gasteiger charge is 2.47. The number of carbonyl (C=O) groups is 1. The fraction of sp³-hybridized carbons (Fsp3) is 0.500. The molecule has 2 atom stereocenters. The Bertz CT molecular complexity index is 823. The summed E-state index contributed by atoms with van der Waals surface area (Å²) < 4.78 is 25.6. The van der Waals surface area contributed by atoms with Crippen LogP contribution in [0.2, 0.25) is 0 Å². The molecule has 2 aliphatic rings. The SMILES string of the molecule is O=C(c1cc(C(F)F)[nH]n1)N1CC[C@](O)(c2ccccc2)[C@H](N2CCCC2)C1. The zero-order valence-electron chi connectivity index (χ0n) is 15.5. The van der Waals surface area contributed by atoms with Gasteiger partial charge in [-0.1, -0.05) is 30.3 Å². The van der Waals surface area contributed by atoms with Gasteiger partial charge in [0.05, 0.1) is 6.04 Å². The van der Waals surface area contributed by atoms with E-state index in [4.69, 9.17) is 0 Å². The van der Waals surface area contributed by atoms with E-state index in [1.165, 1.54) is 0 Å². The molecule has 3 heterocycles. The van der Waals surface area contributed by atoms with Gasteiger partial charge in [0.25, 0.3) is 12.3 Å². The molecule has 0 saturated carbocycles. The lowest BCUT2D eigenvalue weighted by Gasteiger charge is -2.48. The molecule has 150 valence electrons. The van der Waals surface area contributed by atoms with E-state index in [9.17, 15) is 18.7 Å². The Kier molecular flexibility index (Phi) is 5.16. The molecule has 0 spiro atoms. The van der Waals surface area contributed by atoms with Crippen LogP contribution in [0.3, 0.4) is 0 Å². The summed E-state index contributed by atoms with van der Waals surface area (Å²) in [5, 5.41) is 17.6. The molecule has 8 heteroatoms. The number of aromatic nitrogens is 2. The van der Waals surface area contributed by atoms with E-state index < -0.39 is 12.0 Å². The number of alkyl halides is 2. The van der Waals surface area contributed by atoms with E-state index in [1.54, 1.807) is 4.90 Å². The molecule has 4 rings (SSSR count). The molecule has 2 N–H and O–H groups in total.